The van der Waals surface area contributed by atoms with E-state index in [1.165, 1.54) is 5.56 Å². The largest absolute Gasteiger partial charge is 0.249 e. The van der Waals surface area contributed by atoms with Gasteiger partial charge in [-0.1, -0.05) is 57.2 Å². The number of pyridine rings is 1. The Labute approximate surface area is 116 Å². The molecule has 1 nitrogen and oxygen atoms in total. The fourth-order valence-electron chi connectivity index (χ4n) is 2.44. The molecule has 3 rings (SSSR count). The maximum atomic E-state index is 2.37. The second-order valence-electron chi connectivity index (χ2n) is 5.88. The molecule has 0 N–H and O–H groups in total. The van der Waals surface area contributed by atoms with E-state index in [1.807, 2.05) is 0 Å². The van der Waals surface area contributed by atoms with Crippen molar-refractivity contribution in [1.82, 2.24) is 0 Å². The Morgan fingerprint density at radius 1 is 0.842 bits per heavy atom. The highest BCUT2D eigenvalue weighted by Crippen LogP contribution is 2.75. The van der Waals surface area contributed by atoms with E-state index in [2.05, 4.69) is 86.0 Å². The normalized spacial score (nSPS) is 18.6. The average Bonchev–Trinajstić information content (AvgIpc) is 3.16. The van der Waals surface area contributed by atoms with Crippen LogP contribution in [-0.4, -0.2) is 0 Å². The van der Waals surface area contributed by atoms with Crippen LogP contribution in [0.2, 0.25) is 0 Å². The third-order valence-electron chi connectivity index (χ3n) is 3.29. The molecule has 1 atom stereocenters. The molecule has 1 unspecified atom stereocenters. The van der Waals surface area contributed by atoms with Crippen molar-refractivity contribution in [3.63, 3.8) is 0 Å². The number of benzene rings is 1. The highest BCUT2D eigenvalue weighted by molar-refractivity contribution is 7.75. The van der Waals surface area contributed by atoms with Crippen LogP contribution in [0.1, 0.15) is 26.3 Å². The monoisotopic (exact) mass is 268 g/mol. The minimum atomic E-state index is -0.287. The summed E-state index contributed by atoms with van der Waals surface area (Å²) in [6.45, 7) is 6.95. The van der Waals surface area contributed by atoms with Gasteiger partial charge in [-0.2, -0.15) is 4.34 Å². The maximum absolute atomic E-state index is 2.37. The summed E-state index contributed by atoms with van der Waals surface area (Å²) in [7, 11) is -0.287. The lowest BCUT2D eigenvalue weighted by Gasteiger charge is -2.12. The minimum absolute atomic E-state index is 0.250. The average molecular weight is 268 g/mol. The molecule has 0 aliphatic carbocycles. The van der Waals surface area contributed by atoms with Crippen LogP contribution < -0.4 is 4.34 Å². The number of aromatic nitrogens is 1. The van der Waals surface area contributed by atoms with Gasteiger partial charge in [0.25, 0.3) is 0 Å². The SMILES string of the molecule is CC(C)(C)C1=C(c2ccccc2)P1[n+]1ccccc1. The van der Waals surface area contributed by atoms with E-state index in [-0.39, 0.29) is 13.5 Å². The van der Waals surface area contributed by atoms with Crippen LogP contribution in [0.15, 0.2) is 66.2 Å². The van der Waals surface area contributed by atoms with E-state index in [4.69, 9.17) is 0 Å². The van der Waals surface area contributed by atoms with Gasteiger partial charge < -0.3 is 0 Å². The first-order chi connectivity index (χ1) is 9.09. The van der Waals surface area contributed by atoms with Crippen molar-refractivity contribution < 1.29 is 4.34 Å². The molecule has 2 heteroatoms. The van der Waals surface area contributed by atoms with Crippen molar-refractivity contribution in [3.8, 4) is 0 Å². The van der Waals surface area contributed by atoms with Gasteiger partial charge in [-0.05, 0) is 11.0 Å². The zero-order valence-corrected chi connectivity index (χ0v) is 12.6. The second-order valence-corrected chi connectivity index (χ2v) is 7.86. The van der Waals surface area contributed by atoms with E-state index in [0.29, 0.717) is 0 Å². The van der Waals surface area contributed by atoms with Crippen LogP contribution in [0.25, 0.3) is 5.31 Å². The van der Waals surface area contributed by atoms with Crippen LogP contribution in [0.4, 0.5) is 0 Å². The van der Waals surface area contributed by atoms with Gasteiger partial charge in [-0.15, -0.1) is 0 Å². The van der Waals surface area contributed by atoms with Gasteiger partial charge in [0.15, 0.2) is 12.4 Å². The summed E-state index contributed by atoms with van der Waals surface area (Å²) < 4.78 is 2.37. The predicted molar refractivity (Wildman–Crippen MR) is 81.8 cm³/mol. The van der Waals surface area contributed by atoms with E-state index >= 15 is 0 Å². The van der Waals surface area contributed by atoms with Crippen molar-refractivity contribution in [3.05, 3.63) is 71.8 Å². The maximum Gasteiger partial charge on any atom is 0.249 e. The summed E-state index contributed by atoms with van der Waals surface area (Å²) in [5.74, 6) is 0. The minimum Gasteiger partial charge on any atom is -0.182 e. The first-order valence-electron chi connectivity index (χ1n) is 6.66. The Morgan fingerprint density at radius 2 is 1.42 bits per heavy atom. The number of rotatable bonds is 2. The lowest BCUT2D eigenvalue weighted by molar-refractivity contribution is -0.506. The first-order valence-corrected chi connectivity index (χ1v) is 7.95. The highest BCUT2D eigenvalue weighted by atomic mass is 31.1. The Bertz CT molecular complexity index is 609. The second kappa shape index (κ2) is 4.58. The summed E-state index contributed by atoms with van der Waals surface area (Å²) >= 11 is 0. The molecule has 1 aromatic carbocycles. The third-order valence-corrected chi connectivity index (χ3v) is 6.01. The van der Waals surface area contributed by atoms with Crippen molar-refractivity contribution in [1.29, 1.82) is 0 Å². The van der Waals surface area contributed by atoms with Crippen LogP contribution >= 0.6 is 8.07 Å². The summed E-state index contributed by atoms with van der Waals surface area (Å²) in [6, 6.07) is 17.1. The van der Waals surface area contributed by atoms with Gasteiger partial charge in [0.1, 0.15) is 0 Å². The molecule has 96 valence electrons. The van der Waals surface area contributed by atoms with Gasteiger partial charge in [0, 0.05) is 17.4 Å². The lowest BCUT2D eigenvalue weighted by Crippen LogP contribution is -2.23. The molecule has 1 aliphatic heterocycles. The van der Waals surface area contributed by atoms with E-state index in [0.717, 1.165) is 0 Å². The van der Waals surface area contributed by atoms with Crippen LogP contribution in [0, 0.1) is 5.41 Å². The number of allylic oxidation sites excluding steroid dienone is 1. The highest BCUT2D eigenvalue weighted by Gasteiger charge is 2.52. The van der Waals surface area contributed by atoms with Crippen molar-refractivity contribution in [2.24, 2.45) is 5.41 Å². The molecule has 1 aromatic heterocycles. The Balaban J connectivity index is 2.02. The molecule has 0 bridgehead atoms. The van der Waals surface area contributed by atoms with E-state index in [1.54, 1.807) is 10.6 Å². The molecule has 0 saturated carbocycles. The van der Waals surface area contributed by atoms with Gasteiger partial charge >= 0.3 is 0 Å². The fraction of sp³-hybridized carbons (Fsp3) is 0.235. The third kappa shape index (κ3) is 2.35. The Morgan fingerprint density at radius 3 is 2.00 bits per heavy atom. The summed E-state index contributed by atoms with van der Waals surface area (Å²) in [4.78, 5) is 0. The molecule has 0 spiro atoms. The number of nitrogens with zero attached hydrogens (tertiary/aromatic N) is 1. The topological polar surface area (TPSA) is 3.88 Å². The smallest absolute Gasteiger partial charge is 0.182 e. The summed E-state index contributed by atoms with van der Waals surface area (Å²) in [6.07, 6.45) is 4.38. The van der Waals surface area contributed by atoms with Crippen LogP contribution in [0.3, 0.4) is 0 Å². The molecule has 0 saturated heterocycles. The van der Waals surface area contributed by atoms with Gasteiger partial charge in [-0.3, -0.25) is 0 Å². The first kappa shape index (κ1) is 12.6. The molecule has 19 heavy (non-hydrogen) atoms. The van der Waals surface area contributed by atoms with Gasteiger partial charge in [-0.25, -0.2) is 0 Å². The number of hydrogen-bond donors (Lipinski definition) is 0. The van der Waals surface area contributed by atoms with E-state index < -0.39 is 0 Å². The van der Waals surface area contributed by atoms with Crippen molar-refractivity contribution in [2.75, 3.05) is 0 Å². The van der Waals surface area contributed by atoms with Crippen molar-refractivity contribution in [2.45, 2.75) is 20.8 Å². The van der Waals surface area contributed by atoms with Crippen molar-refractivity contribution >= 4 is 13.4 Å². The molecule has 0 amide bonds. The zero-order valence-electron chi connectivity index (χ0n) is 11.7. The van der Waals surface area contributed by atoms with Crippen LogP contribution in [0.5, 0.6) is 0 Å². The molecule has 1 aliphatic rings. The Kier molecular flexibility index (Phi) is 3.03. The lowest BCUT2D eigenvalue weighted by atomic mass is 9.95. The van der Waals surface area contributed by atoms with Gasteiger partial charge in [0.05, 0.1) is 5.31 Å². The number of hydrogen-bond acceptors (Lipinski definition) is 0. The van der Waals surface area contributed by atoms with Gasteiger partial charge in [0.2, 0.25) is 8.07 Å². The molecular formula is C17H19NP+. The standard InChI is InChI=1S/C17H19NP/c1-17(2,3)16-15(14-10-6-4-7-11-14)19(16)18-12-8-5-9-13-18/h4-13H,1-3H3/q+1. The molecular weight excluding hydrogens is 249 g/mol. The quantitative estimate of drug-likeness (QED) is 0.698. The fourth-order valence-corrected chi connectivity index (χ4v) is 5.26. The molecule has 0 fully saturated rings. The zero-order chi connectivity index (χ0) is 13.5. The summed E-state index contributed by atoms with van der Waals surface area (Å²) in [5.41, 5.74) is 1.63. The molecule has 2 heterocycles. The summed E-state index contributed by atoms with van der Waals surface area (Å²) in [5, 5.41) is 3.17. The molecule has 2 aromatic rings. The molecule has 0 radical (unpaired) electrons. The van der Waals surface area contributed by atoms with E-state index in [9.17, 15) is 0 Å². The predicted octanol–water partition coefficient (Wildman–Crippen LogP) is 4.65. The van der Waals surface area contributed by atoms with Crippen LogP contribution in [-0.2, 0) is 0 Å². The Hall–Kier alpha value is -1.46.